The summed E-state index contributed by atoms with van der Waals surface area (Å²) in [6.45, 7) is 2.25. The summed E-state index contributed by atoms with van der Waals surface area (Å²) in [6.07, 6.45) is 3.03. The van der Waals surface area contributed by atoms with Crippen LogP contribution in [0.5, 0.6) is 0 Å². The third-order valence-electron chi connectivity index (χ3n) is 4.87. The monoisotopic (exact) mass is 382 g/mol. The lowest BCUT2D eigenvalue weighted by Gasteiger charge is -2.22. The first-order valence-corrected chi connectivity index (χ1v) is 9.35. The quantitative estimate of drug-likeness (QED) is 0.407. The number of anilines is 1. The molecule has 2 aromatic carbocycles. The molecule has 6 heteroatoms. The van der Waals surface area contributed by atoms with Crippen molar-refractivity contribution in [3.63, 3.8) is 0 Å². The average Bonchev–Trinajstić information content (AvgIpc) is 3.19. The topological polar surface area (TPSA) is 60.4 Å². The van der Waals surface area contributed by atoms with Crippen molar-refractivity contribution in [1.29, 1.82) is 0 Å². The van der Waals surface area contributed by atoms with Crippen LogP contribution in [0, 0.1) is 0 Å². The fraction of sp³-hybridized carbons (Fsp3) is 0.364. The maximum absolute atomic E-state index is 12.1. The van der Waals surface area contributed by atoms with Crippen molar-refractivity contribution in [2.75, 3.05) is 25.9 Å². The second-order valence-electron chi connectivity index (χ2n) is 6.73. The molecule has 0 saturated heterocycles. The fourth-order valence-corrected chi connectivity index (χ4v) is 3.40. The molecule has 0 unspecified atom stereocenters. The van der Waals surface area contributed by atoms with Gasteiger partial charge in [-0.05, 0) is 55.0 Å². The lowest BCUT2D eigenvalue weighted by molar-refractivity contribution is 0.129. The predicted molar refractivity (Wildman–Crippen MR) is 109 cm³/mol. The SMILES string of the molecule is COCN(C(=O)OC)c1ccccc1CON=C(C)c1ccc2c(c1)CCC2. The number of carbonyl (C=O) groups is 1. The fourth-order valence-electron chi connectivity index (χ4n) is 3.40. The van der Waals surface area contributed by atoms with Gasteiger partial charge in [0.15, 0.2) is 0 Å². The van der Waals surface area contributed by atoms with Gasteiger partial charge in [0.05, 0.1) is 18.5 Å². The minimum Gasteiger partial charge on any atom is -0.452 e. The van der Waals surface area contributed by atoms with Gasteiger partial charge in [0.1, 0.15) is 13.3 Å². The Hall–Kier alpha value is -2.86. The Bertz CT molecular complexity index is 863. The van der Waals surface area contributed by atoms with Gasteiger partial charge >= 0.3 is 6.09 Å². The van der Waals surface area contributed by atoms with Crippen LogP contribution in [0.25, 0.3) is 0 Å². The molecule has 6 nitrogen and oxygen atoms in total. The third kappa shape index (κ3) is 4.51. The van der Waals surface area contributed by atoms with Crippen LogP contribution >= 0.6 is 0 Å². The number of hydrogen-bond donors (Lipinski definition) is 0. The number of carbonyl (C=O) groups excluding carboxylic acids is 1. The van der Waals surface area contributed by atoms with Crippen molar-refractivity contribution in [3.8, 4) is 0 Å². The summed E-state index contributed by atoms with van der Waals surface area (Å²) < 4.78 is 9.98. The first kappa shape index (κ1) is 19.9. The van der Waals surface area contributed by atoms with Crippen LogP contribution in [-0.2, 0) is 33.8 Å². The minimum atomic E-state index is -0.493. The Kier molecular flexibility index (Phi) is 6.66. The van der Waals surface area contributed by atoms with Gasteiger partial charge in [-0.3, -0.25) is 4.90 Å². The average molecular weight is 382 g/mol. The maximum Gasteiger partial charge on any atom is 0.415 e. The molecule has 0 N–H and O–H groups in total. The van der Waals surface area contributed by atoms with Gasteiger partial charge in [-0.25, -0.2) is 4.79 Å². The van der Waals surface area contributed by atoms with Crippen molar-refractivity contribution in [1.82, 2.24) is 0 Å². The van der Waals surface area contributed by atoms with E-state index in [9.17, 15) is 4.79 Å². The van der Waals surface area contributed by atoms with Gasteiger partial charge in [-0.2, -0.15) is 0 Å². The highest BCUT2D eigenvalue weighted by Crippen LogP contribution is 2.24. The Morgan fingerprint density at radius 1 is 1.11 bits per heavy atom. The number of hydrogen-bond acceptors (Lipinski definition) is 5. The Balaban J connectivity index is 1.72. The molecule has 0 bridgehead atoms. The predicted octanol–water partition coefficient (Wildman–Crippen LogP) is 4.29. The number of para-hydroxylation sites is 1. The molecule has 1 amide bonds. The first-order chi connectivity index (χ1) is 13.6. The zero-order valence-electron chi connectivity index (χ0n) is 16.6. The van der Waals surface area contributed by atoms with Crippen LogP contribution in [0.3, 0.4) is 0 Å². The lowest BCUT2D eigenvalue weighted by atomic mass is 10.0. The number of amides is 1. The number of benzene rings is 2. The molecule has 148 valence electrons. The molecule has 0 fully saturated rings. The van der Waals surface area contributed by atoms with Crippen molar-refractivity contribution in [2.24, 2.45) is 5.16 Å². The summed E-state index contributed by atoms with van der Waals surface area (Å²) in [5, 5.41) is 4.28. The van der Waals surface area contributed by atoms with Crippen LogP contribution in [0.2, 0.25) is 0 Å². The van der Waals surface area contributed by atoms with E-state index >= 15 is 0 Å². The zero-order valence-corrected chi connectivity index (χ0v) is 16.6. The van der Waals surface area contributed by atoms with Gasteiger partial charge in [-0.1, -0.05) is 35.5 Å². The molecule has 0 heterocycles. The van der Waals surface area contributed by atoms with E-state index in [4.69, 9.17) is 14.3 Å². The molecule has 1 aliphatic rings. The molecule has 0 saturated carbocycles. The number of aryl methyl sites for hydroxylation is 2. The van der Waals surface area contributed by atoms with E-state index in [1.165, 1.54) is 36.7 Å². The number of methoxy groups -OCH3 is 2. The summed E-state index contributed by atoms with van der Waals surface area (Å²) >= 11 is 0. The number of oxime groups is 1. The van der Waals surface area contributed by atoms with Gasteiger partial charge in [0.2, 0.25) is 0 Å². The number of nitrogens with zero attached hydrogens (tertiary/aromatic N) is 2. The number of fused-ring (bicyclic) bond motifs is 1. The summed E-state index contributed by atoms with van der Waals surface area (Å²) in [5.74, 6) is 0. The van der Waals surface area contributed by atoms with E-state index in [0.29, 0.717) is 5.69 Å². The molecular formula is C22H26N2O4. The van der Waals surface area contributed by atoms with Crippen molar-refractivity contribution in [3.05, 3.63) is 64.7 Å². The summed E-state index contributed by atoms with van der Waals surface area (Å²) in [6, 6.07) is 13.9. The summed E-state index contributed by atoms with van der Waals surface area (Å²) in [5.41, 5.74) is 6.23. The highest BCUT2D eigenvalue weighted by atomic mass is 16.6. The number of ether oxygens (including phenoxy) is 2. The first-order valence-electron chi connectivity index (χ1n) is 9.35. The summed E-state index contributed by atoms with van der Waals surface area (Å²) in [7, 11) is 2.87. The molecule has 3 rings (SSSR count). The Morgan fingerprint density at radius 3 is 2.68 bits per heavy atom. The van der Waals surface area contributed by atoms with Crippen LogP contribution in [0.15, 0.2) is 47.6 Å². The second-order valence-corrected chi connectivity index (χ2v) is 6.73. The third-order valence-corrected chi connectivity index (χ3v) is 4.87. The highest BCUT2D eigenvalue weighted by Gasteiger charge is 2.19. The van der Waals surface area contributed by atoms with Crippen molar-refractivity contribution < 1.29 is 19.1 Å². The molecule has 0 spiro atoms. The van der Waals surface area contributed by atoms with Crippen LogP contribution in [-0.4, -0.2) is 32.8 Å². The van der Waals surface area contributed by atoms with E-state index in [-0.39, 0.29) is 13.3 Å². The molecule has 2 aromatic rings. The van der Waals surface area contributed by atoms with E-state index in [2.05, 4.69) is 23.4 Å². The second kappa shape index (κ2) is 9.37. The van der Waals surface area contributed by atoms with Gasteiger partial charge in [0.25, 0.3) is 0 Å². The van der Waals surface area contributed by atoms with Crippen LogP contribution in [0.1, 0.15) is 35.6 Å². The molecule has 0 aromatic heterocycles. The Morgan fingerprint density at radius 2 is 1.89 bits per heavy atom. The van der Waals surface area contributed by atoms with E-state index in [1.807, 2.05) is 31.2 Å². The maximum atomic E-state index is 12.1. The van der Waals surface area contributed by atoms with Gasteiger partial charge < -0.3 is 14.3 Å². The molecule has 0 radical (unpaired) electrons. The smallest absolute Gasteiger partial charge is 0.415 e. The van der Waals surface area contributed by atoms with Gasteiger partial charge in [0, 0.05) is 12.7 Å². The standard InChI is InChI=1S/C22H26N2O4/c1-16(18-12-11-17-8-6-9-19(17)13-18)23-28-14-20-7-4-5-10-21(20)24(15-26-2)22(25)27-3/h4-5,7,10-13H,6,8-9,14-15H2,1-3H3. The van der Waals surface area contributed by atoms with Crippen molar-refractivity contribution in [2.45, 2.75) is 32.8 Å². The molecule has 0 atom stereocenters. The lowest BCUT2D eigenvalue weighted by Crippen LogP contribution is -2.33. The number of rotatable bonds is 7. The Labute approximate surface area is 165 Å². The van der Waals surface area contributed by atoms with E-state index in [1.54, 1.807) is 0 Å². The molecule has 1 aliphatic carbocycles. The molecular weight excluding hydrogens is 356 g/mol. The molecule has 28 heavy (non-hydrogen) atoms. The minimum absolute atomic E-state index is 0.0844. The highest BCUT2D eigenvalue weighted by molar-refractivity contribution is 5.98. The molecule has 0 aliphatic heterocycles. The zero-order chi connectivity index (χ0) is 19.9. The van der Waals surface area contributed by atoms with Gasteiger partial charge in [-0.15, -0.1) is 0 Å². The summed E-state index contributed by atoms with van der Waals surface area (Å²) in [4.78, 5) is 19.1. The normalized spacial score (nSPS) is 13.2. The van der Waals surface area contributed by atoms with Crippen LogP contribution in [0.4, 0.5) is 10.5 Å². The largest absolute Gasteiger partial charge is 0.452 e. The van der Waals surface area contributed by atoms with Crippen molar-refractivity contribution >= 4 is 17.5 Å². The van der Waals surface area contributed by atoms with Crippen LogP contribution < -0.4 is 4.90 Å². The van der Waals surface area contributed by atoms with E-state index < -0.39 is 6.09 Å². The van der Waals surface area contributed by atoms with E-state index in [0.717, 1.165) is 29.7 Å².